The molecule has 0 aliphatic heterocycles. The van der Waals surface area contributed by atoms with Gasteiger partial charge in [-0.15, -0.1) is 0 Å². The number of hydrogen-bond donors (Lipinski definition) is 1. The Balaban J connectivity index is 2.27. The monoisotopic (exact) mass is 349 g/mol. The maximum atomic E-state index is 5.71. The van der Waals surface area contributed by atoms with Crippen LogP contribution in [0.4, 0.5) is 5.82 Å². The average molecular weight is 350 g/mol. The zero-order chi connectivity index (χ0) is 14.7. The summed E-state index contributed by atoms with van der Waals surface area (Å²) in [6.07, 6.45) is 0. The van der Waals surface area contributed by atoms with Crippen molar-refractivity contribution in [3.63, 3.8) is 0 Å². The molecule has 0 radical (unpaired) electrons. The normalized spacial score (nSPS) is 10.3. The summed E-state index contributed by atoms with van der Waals surface area (Å²) in [5.41, 5.74) is 8.67. The highest BCUT2D eigenvalue weighted by atomic mass is 79.9. The van der Waals surface area contributed by atoms with E-state index in [1.807, 2.05) is 44.3 Å². The summed E-state index contributed by atoms with van der Waals surface area (Å²) < 4.78 is 1.09. The number of benzene rings is 1. The first kappa shape index (κ1) is 14.9. The van der Waals surface area contributed by atoms with E-state index in [0.717, 1.165) is 28.1 Å². The lowest BCUT2D eigenvalue weighted by molar-refractivity contribution is 0.888. The lowest BCUT2D eigenvalue weighted by Gasteiger charge is -2.20. The molecule has 2 N–H and O–H groups in total. The first-order chi connectivity index (χ1) is 9.47. The minimum absolute atomic E-state index is 0.394. The first-order valence-electron chi connectivity index (χ1n) is 6.20. The molecule has 0 aliphatic carbocycles. The van der Waals surface area contributed by atoms with Crippen molar-refractivity contribution in [3.8, 4) is 0 Å². The van der Waals surface area contributed by atoms with E-state index in [9.17, 15) is 0 Å². The number of anilines is 1. The van der Waals surface area contributed by atoms with Crippen molar-refractivity contribution in [2.45, 2.75) is 13.5 Å². The third-order valence-electron chi connectivity index (χ3n) is 2.98. The third-order valence-corrected chi connectivity index (χ3v) is 3.99. The summed E-state index contributed by atoms with van der Waals surface area (Å²) in [6, 6.07) is 12.0. The lowest BCUT2D eigenvalue weighted by Crippen LogP contribution is -2.20. The Hall–Kier alpha value is -1.46. The van der Waals surface area contributed by atoms with Crippen LogP contribution < -0.4 is 10.6 Å². The van der Waals surface area contributed by atoms with Crippen LogP contribution in [0.1, 0.15) is 16.8 Å². The zero-order valence-corrected chi connectivity index (χ0v) is 13.8. The molecule has 0 saturated heterocycles. The highest BCUT2D eigenvalue weighted by Gasteiger charge is 2.09. The van der Waals surface area contributed by atoms with Gasteiger partial charge >= 0.3 is 0 Å². The third kappa shape index (κ3) is 3.55. The summed E-state index contributed by atoms with van der Waals surface area (Å²) in [4.78, 5) is 7.01. The van der Waals surface area contributed by atoms with Gasteiger partial charge in [-0.25, -0.2) is 4.98 Å². The Bertz CT molecular complexity index is 643. The SMILES string of the molecule is Cc1cc(C(N)=S)cc(N(C)Cc2ccccc2Br)n1. The standard InChI is InChI=1S/C15H16BrN3S/c1-10-7-12(15(17)20)8-14(18-10)19(2)9-11-5-3-4-6-13(11)16/h3-8H,9H2,1-2H3,(H2,17,20). The van der Waals surface area contributed by atoms with E-state index in [2.05, 4.69) is 31.9 Å². The molecular formula is C15H16BrN3S. The molecular weight excluding hydrogens is 334 g/mol. The van der Waals surface area contributed by atoms with Crippen LogP contribution in [0.15, 0.2) is 40.9 Å². The molecule has 3 nitrogen and oxygen atoms in total. The van der Waals surface area contributed by atoms with E-state index in [1.165, 1.54) is 5.56 Å². The van der Waals surface area contributed by atoms with Gasteiger partial charge in [0.2, 0.25) is 0 Å². The van der Waals surface area contributed by atoms with Crippen LogP contribution in [0, 0.1) is 6.92 Å². The predicted molar refractivity (Wildman–Crippen MR) is 91.1 cm³/mol. The largest absolute Gasteiger partial charge is 0.389 e. The van der Waals surface area contributed by atoms with Gasteiger partial charge < -0.3 is 10.6 Å². The highest BCUT2D eigenvalue weighted by Crippen LogP contribution is 2.21. The van der Waals surface area contributed by atoms with Gasteiger partial charge in [0.25, 0.3) is 0 Å². The quantitative estimate of drug-likeness (QED) is 0.858. The van der Waals surface area contributed by atoms with Gasteiger partial charge in [0, 0.05) is 29.3 Å². The Morgan fingerprint density at radius 3 is 2.70 bits per heavy atom. The topological polar surface area (TPSA) is 42.1 Å². The number of thiocarbonyl (C=S) groups is 1. The van der Waals surface area contributed by atoms with Gasteiger partial charge in [-0.05, 0) is 30.7 Å². The minimum Gasteiger partial charge on any atom is -0.389 e. The van der Waals surface area contributed by atoms with Crippen LogP contribution in [0.25, 0.3) is 0 Å². The van der Waals surface area contributed by atoms with Crippen LogP contribution in [0.5, 0.6) is 0 Å². The van der Waals surface area contributed by atoms with Crippen molar-refractivity contribution in [2.24, 2.45) is 5.73 Å². The Morgan fingerprint density at radius 2 is 2.05 bits per heavy atom. The molecule has 0 amide bonds. The Labute approximate surface area is 132 Å². The number of nitrogens with zero attached hydrogens (tertiary/aromatic N) is 2. The highest BCUT2D eigenvalue weighted by molar-refractivity contribution is 9.10. The molecule has 1 heterocycles. The Kier molecular flexibility index (Phi) is 4.73. The minimum atomic E-state index is 0.394. The molecule has 0 spiro atoms. The van der Waals surface area contributed by atoms with Gasteiger partial charge in [-0.1, -0.05) is 46.3 Å². The second kappa shape index (κ2) is 6.33. The molecule has 0 aliphatic rings. The second-order valence-electron chi connectivity index (χ2n) is 4.67. The van der Waals surface area contributed by atoms with Crippen LogP contribution in [-0.4, -0.2) is 17.0 Å². The number of pyridine rings is 1. The molecule has 0 bridgehead atoms. The summed E-state index contributed by atoms with van der Waals surface area (Å²) in [7, 11) is 2.00. The molecule has 1 aromatic heterocycles. The summed E-state index contributed by atoms with van der Waals surface area (Å²) in [6.45, 7) is 2.70. The van der Waals surface area contributed by atoms with E-state index in [0.29, 0.717) is 4.99 Å². The van der Waals surface area contributed by atoms with Gasteiger partial charge in [0.15, 0.2) is 0 Å². The molecule has 1 aromatic carbocycles. The van der Waals surface area contributed by atoms with Gasteiger partial charge in [-0.2, -0.15) is 0 Å². The van der Waals surface area contributed by atoms with Crippen molar-refractivity contribution < 1.29 is 0 Å². The van der Waals surface area contributed by atoms with Crippen LogP contribution >= 0.6 is 28.1 Å². The summed E-state index contributed by atoms with van der Waals surface area (Å²) in [5.74, 6) is 0.864. The molecule has 2 rings (SSSR count). The van der Waals surface area contributed by atoms with E-state index in [1.54, 1.807) is 0 Å². The molecule has 0 saturated carbocycles. The molecule has 2 aromatic rings. The van der Waals surface area contributed by atoms with E-state index in [4.69, 9.17) is 18.0 Å². The lowest BCUT2D eigenvalue weighted by atomic mass is 10.2. The van der Waals surface area contributed by atoms with Gasteiger partial charge in [0.1, 0.15) is 10.8 Å². The van der Waals surface area contributed by atoms with E-state index >= 15 is 0 Å². The number of rotatable bonds is 4. The molecule has 0 fully saturated rings. The van der Waals surface area contributed by atoms with Crippen molar-refractivity contribution in [2.75, 3.05) is 11.9 Å². The molecule has 20 heavy (non-hydrogen) atoms. The first-order valence-corrected chi connectivity index (χ1v) is 7.40. The molecule has 0 unspecified atom stereocenters. The van der Waals surface area contributed by atoms with Crippen molar-refractivity contribution in [1.29, 1.82) is 0 Å². The van der Waals surface area contributed by atoms with Crippen LogP contribution in [0.3, 0.4) is 0 Å². The van der Waals surface area contributed by atoms with Gasteiger partial charge in [0.05, 0.1) is 0 Å². The average Bonchev–Trinajstić information content (AvgIpc) is 2.40. The van der Waals surface area contributed by atoms with Crippen LogP contribution in [0.2, 0.25) is 0 Å². The number of hydrogen-bond acceptors (Lipinski definition) is 3. The van der Waals surface area contributed by atoms with E-state index < -0.39 is 0 Å². The maximum Gasteiger partial charge on any atom is 0.129 e. The smallest absolute Gasteiger partial charge is 0.129 e. The second-order valence-corrected chi connectivity index (χ2v) is 5.96. The number of nitrogens with two attached hydrogens (primary N) is 1. The maximum absolute atomic E-state index is 5.71. The number of halogens is 1. The fourth-order valence-electron chi connectivity index (χ4n) is 1.95. The number of aryl methyl sites for hydroxylation is 1. The fraction of sp³-hybridized carbons (Fsp3) is 0.200. The van der Waals surface area contributed by atoms with Crippen molar-refractivity contribution >= 4 is 39.0 Å². The molecule has 5 heteroatoms. The van der Waals surface area contributed by atoms with Crippen molar-refractivity contribution in [3.05, 3.63) is 57.7 Å². The zero-order valence-electron chi connectivity index (χ0n) is 11.4. The predicted octanol–water partition coefficient (Wildman–Crippen LogP) is 3.42. The van der Waals surface area contributed by atoms with Crippen molar-refractivity contribution in [1.82, 2.24) is 4.98 Å². The summed E-state index contributed by atoms with van der Waals surface area (Å²) >= 11 is 8.60. The van der Waals surface area contributed by atoms with E-state index in [-0.39, 0.29) is 0 Å². The van der Waals surface area contributed by atoms with Crippen LogP contribution in [-0.2, 0) is 6.54 Å². The molecule has 0 atom stereocenters. The molecule has 104 valence electrons. The fourth-order valence-corrected chi connectivity index (χ4v) is 2.48. The number of aromatic nitrogens is 1. The summed E-state index contributed by atoms with van der Waals surface area (Å²) in [5, 5.41) is 0. The van der Waals surface area contributed by atoms with Gasteiger partial charge in [-0.3, -0.25) is 0 Å². The Morgan fingerprint density at radius 1 is 1.35 bits per heavy atom.